The molecular weight excluding hydrogens is 352 g/mol. The van der Waals surface area contributed by atoms with Gasteiger partial charge in [-0.25, -0.2) is 0 Å². The van der Waals surface area contributed by atoms with Crippen LogP contribution in [-0.2, 0) is 9.59 Å². The van der Waals surface area contributed by atoms with Crippen molar-refractivity contribution in [3.8, 4) is 5.75 Å². The summed E-state index contributed by atoms with van der Waals surface area (Å²) < 4.78 is 5.37. The average Bonchev–Trinajstić information content (AvgIpc) is 2.71. The third kappa shape index (κ3) is 11.4. The molecule has 0 aliphatic heterocycles. The van der Waals surface area contributed by atoms with Gasteiger partial charge in [0.2, 0.25) is 0 Å². The maximum absolute atomic E-state index is 11.9. The van der Waals surface area contributed by atoms with E-state index in [0.717, 1.165) is 12.8 Å². The number of carbonyl (C=O) groups excluding carboxylic acids is 2. The molecule has 0 atom stereocenters. The van der Waals surface area contributed by atoms with Crippen LogP contribution in [0.2, 0.25) is 0 Å². The van der Waals surface area contributed by atoms with Crippen LogP contribution >= 0.6 is 0 Å². The number of anilines is 1. The summed E-state index contributed by atoms with van der Waals surface area (Å²) in [5, 5.41) is 5.27. The Hall–Kier alpha value is -2.30. The zero-order valence-corrected chi connectivity index (χ0v) is 17.3. The fourth-order valence-corrected chi connectivity index (χ4v) is 2.87. The van der Waals surface area contributed by atoms with Gasteiger partial charge in [-0.15, -0.1) is 0 Å². The first-order chi connectivity index (χ1) is 13.7. The van der Waals surface area contributed by atoms with E-state index in [1.54, 1.807) is 30.3 Å². The van der Waals surface area contributed by atoms with Crippen LogP contribution in [0.3, 0.4) is 0 Å². The third-order valence-electron chi connectivity index (χ3n) is 4.50. The predicted octanol–water partition coefficient (Wildman–Crippen LogP) is 5.23. The van der Waals surface area contributed by atoms with Crippen LogP contribution < -0.4 is 15.4 Å². The van der Waals surface area contributed by atoms with Gasteiger partial charge in [-0.2, -0.15) is 0 Å². The Morgan fingerprint density at radius 1 is 0.893 bits per heavy atom. The monoisotopic (exact) mass is 388 g/mol. The summed E-state index contributed by atoms with van der Waals surface area (Å²) in [6, 6.07) is 6.87. The fraction of sp³-hybridized carbons (Fsp3) is 0.565. The lowest BCUT2D eigenvalue weighted by Gasteiger charge is -2.08. The van der Waals surface area contributed by atoms with Gasteiger partial charge in [0, 0.05) is 12.2 Å². The van der Waals surface area contributed by atoms with E-state index in [0.29, 0.717) is 24.6 Å². The number of benzene rings is 1. The molecule has 2 N–H and O–H groups in total. The third-order valence-corrected chi connectivity index (χ3v) is 4.50. The van der Waals surface area contributed by atoms with Crippen molar-refractivity contribution in [1.82, 2.24) is 5.32 Å². The van der Waals surface area contributed by atoms with Crippen molar-refractivity contribution in [2.75, 3.05) is 18.5 Å². The number of hydrogen-bond acceptors (Lipinski definition) is 3. The Balaban J connectivity index is 2.07. The molecule has 28 heavy (non-hydrogen) atoms. The standard InChI is InChI=1S/C23H36N2O3/c1-3-5-6-7-8-9-10-11-12-13-18-24-22(26)23(27)25-20-14-16-21(17-15-20)28-19-4-2/h4,14-17H,2-3,5-13,18-19H2,1H3,(H,24,26)(H,25,27). The zero-order valence-electron chi connectivity index (χ0n) is 17.3. The second-order valence-corrected chi connectivity index (χ2v) is 7.02. The lowest BCUT2D eigenvalue weighted by atomic mass is 10.1. The van der Waals surface area contributed by atoms with E-state index in [2.05, 4.69) is 24.1 Å². The topological polar surface area (TPSA) is 67.4 Å². The number of ether oxygens (including phenoxy) is 1. The van der Waals surface area contributed by atoms with Crippen molar-refractivity contribution in [2.24, 2.45) is 0 Å². The van der Waals surface area contributed by atoms with E-state index < -0.39 is 11.8 Å². The van der Waals surface area contributed by atoms with E-state index in [1.807, 2.05) is 0 Å². The molecule has 5 heteroatoms. The van der Waals surface area contributed by atoms with E-state index in [9.17, 15) is 9.59 Å². The molecular formula is C23H36N2O3. The Kier molecular flexibility index (Phi) is 13.3. The lowest BCUT2D eigenvalue weighted by Crippen LogP contribution is -2.35. The molecule has 5 nitrogen and oxygen atoms in total. The predicted molar refractivity (Wildman–Crippen MR) is 116 cm³/mol. The summed E-state index contributed by atoms with van der Waals surface area (Å²) in [6.07, 6.45) is 14.1. The van der Waals surface area contributed by atoms with Crippen molar-refractivity contribution in [2.45, 2.75) is 71.1 Å². The minimum absolute atomic E-state index is 0.424. The molecule has 0 bridgehead atoms. The number of hydrogen-bond donors (Lipinski definition) is 2. The molecule has 1 rings (SSSR count). The molecule has 0 fully saturated rings. The minimum Gasteiger partial charge on any atom is -0.490 e. The highest BCUT2D eigenvalue weighted by molar-refractivity contribution is 6.39. The average molecular weight is 389 g/mol. The summed E-state index contributed by atoms with van der Waals surface area (Å²) >= 11 is 0. The van der Waals surface area contributed by atoms with Crippen molar-refractivity contribution in [3.05, 3.63) is 36.9 Å². The van der Waals surface area contributed by atoms with Crippen molar-refractivity contribution in [1.29, 1.82) is 0 Å². The first-order valence-corrected chi connectivity index (χ1v) is 10.6. The number of nitrogens with one attached hydrogen (secondary N) is 2. The number of rotatable bonds is 15. The summed E-state index contributed by atoms with van der Waals surface area (Å²) in [4.78, 5) is 23.8. The van der Waals surface area contributed by atoms with Gasteiger partial charge >= 0.3 is 11.8 Å². The second-order valence-electron chi connectivity index (χ2n) is 7.02. The molecule has 0 saturated carbocycles. The van der Waals surface area contributed by atoms with Gasteiger partial charge in [0.05, 0.1) is 0 Å². The Labute approximate surface area is 169 Å². The van der Waals surface area contributed by atoms with Crippen LogP contribution in [0.25, 0.3) is 0 Å². The largest absolute Gasteiger partial charge is 0.490 e. The van der Waals surface area contributed by atoms with Gasteiger partial charge in [-0.05, 0) is 30.7 Å². The van der Waals surface area contributed by atoms with Crippen LogP contribution in [0.15, 0.2) is 36.9 Å². The van der Waals surface area contributed by atoms with Crippen LogP contribution in [-0.4, -0.2) is 25.0 Å². The Morgan fingerprint density at radius 2 is 1.46 bits per heavy atom. The molecule has 0 radical (unpaired) electrons. The van der Waals surface area contributed by atoms with E-state index in [-0.39, 0.29) is 0 Å². The number of amides is 2. The summed E-state index contributed by atoms with van der Waals surface area (Å²) in [5.41, 5.74) is 0.560. The molecule has 0 aliphatic carbocycles. The van der Waals surface area contributed by atoms with Gasteiger partial charge in [-0.1, -0.05) is 77.4 Å². The molecule has 0 heterocycles. The molecule has 1 aromatic rings. The van der Waals surface area contributed by atoms with Crippen LogP contribution in [0.5, 0.6) is 5.75 Å². The van der Waals surface area contributed by atoms with Gasteiger partial charge < -0.3 is 15.4 Å². The first kappa shape index (κ1) is 23.7. The normalized spacial score (nSPS) is 10.3. The highest BCUT2D eigenvalue weighted by Crippen LogP contribution is 2.15. The van der Waals surface area contributed by atoms with Crippen LogP contribution in [0.4, 0.5) is 5.69 Å². The molecule has 0 unspecified atom stereocenters. The Bertz CT molecular complexity index is 570. The van der Waals surface area contributed by atoms with E-state index in [1.165, 1.54) is 51.4 Å². The zero-order chi connectivity index (χ0) is 20.5. The maximum Gasteiger partial charge on any atom is 0.313 e. The van der Waals surface area contributed by atoms with Gasteiger partial charge in [0.25, 0.3) is 0 Å². The summed E-state index contributed by atoms with van der Waals surface area (Å²) in [7, 11) is 0. The number of carbonyl (C=O) groups is 2. The van der Waals surface area contributed by atoms with E-state index >= 15 is 0 Å². The molecule has 0 aromatic heterocycles. The quantitative estimate of drug-likeness (QED) is 0.246. The van der Waals surface area contributed by atoms with Gasteiger partial charge in [-0.3, -0.25) is 9.59 Å². The maximum atomic E-state index is 11.9. The SMILES string of the molecule is C=CCOc1ccc(NC(=O)C(=O)NCCCCCCCCCCCC)cc1. The van der Waals surface area contributed by atoms with Crippen molar-refractivity contribution in [3.63, 3.8) is 0 Å². The summed E-state index contributed by atoms with van der Waals surface area (Å²) in [6.45, 7) is 6.79. The Morgan fingerprint density at radius 3 is 2.04 bits per heavy atom. The second kappa shape index (κ2) is 15.7. The molecule has 1 aromatic carbocycles. The van der Waals surface area contributed by atoms with Crippen molar-refractivity contribution < 1.29 is 14.3 Å². The van der Waals surface area contributed by atoms with Gasteiger partial charge in [0.15, 0.2) is 0 Å². The van der Waals surface area contributed by atoms with Gasteiger partial charge in [0.1, 0.15) is 12.4 Å². The minimum atomic E-state index is -0.646. The fourth-order valence-electron chi connectivity index (χ4n) is 2.87. The first-order valence-electron chi connectivity index (χ1n) is 10.6. The summed E-state index contributed by atoms with van der Waals surface area (Å²) in [5.74, 6) is -0.557. The molecule has 2 amide bonds. The highest BCUT2D eigenvalue weighted by Gasteiger charge is 2.12. The van der Waals surface area contributed by atoms with Crippen LogP contribution in [0.1, 0.15) is 71.1 Å². The molecule has 0 saturated heterocycles. The van der Waals surface area contributed by atoms with E-state index in [4.69, 9.17) is 4.74 Å². The molecule has 0 spiro atoms. The smallest absolute Gasteiger partial charge is 0.313 e. The molecule has 0 aliphatic rings. The highest BCUT2D eigenvalue weighted by atomic mass is 16.5. The number of unbranched alkanes of at least 4 members (excludes halogenated alkanes) is 9. The van der Waals surface area contributed by atoms with Crippen molar-refractivity contribution >= 4 is 17.5 Å². The molecule has 156 valence electrons. The lowest BCUT2D eigenvalue weighted by molar-refractivity contribution is -0.136. The van der Waals surface area contributed by atoms with Crippen LogP contribution in [0, 0.1) is 0 Å².